The van der Waals surface area contributed by atoms with Crippen molar-refractivity contribution < 1.29 is 21.6 Å². The Bertz CT molecular complexity index is 698. The molecule has 2 aliphatic rings. The minimum atomic E-state index is -4.56. The molecule has 2 heterocycles. The standard InChI is InChI=1S/C14H16ClF3N2O2S.ClH/c15-12-7-9(14(16,17)18)1-4-13(12)23(21,22)20-10-2-3-11(20)8-19-6-5-10;/h1,4,7,10-11,19H,2-3,5-6,8H2;1H. The van der Waals surface area contributed by atoms with Gasteiger partial charge in [0.25, 0.3) is 0 Å². The molecule has 2 unspecified atom stereocenters. The molecule has 2 bridgehead atoms. The summed E-state index contributed by atoms with van der Waals surface area (Å²) in [5, 5.41) is 2.80. The first-order chi connectivity index (χ1) is 10.7. The van der Waals surface area contributed by atoms with E-state index in [1.54, 1.807) is 0 Å². The maximum absolute atomic E-state index is 12.9. The molecule has 0 amide bonds. The SMILES string of the molecule is Cl.O=S(=O)(c1ccc(C(F)(F)F)cc1Cl)N1C2CCNCC1CC2. The molecule has 0 aliphatic carbocycles. The summed E-state index contributed by atoms with van der Waals surface area (Å²) in [5.74, 6) is 0. The van der Waals surface area contributed by atoms with Crippen LogP contribution < -0.4 is 5.32 Å². The Morgan fingerprint density at radius 3 is 2.46 bits per heavy atom. The van der Waals surface area contributed by atoms with Gasteiger partial charge in [-0.25, -0.2) is 8.42 Å². The molecular formula is C14H17Cl2F3N2O2S. The molecule has 1 aromatic rings. The maximum Gasteiger partial charge on any atom is 0.416 e. The lowest BCUT2D eigenvalue weighted by atomic mass is 10.1. The zero-order chi connectivity index (χ0) is 16.8. The Kier molecular flexibility index (Phi) is 5.76. The Morgan fingerprint density at radius 1 is 1.17 bits per heavy atom. The summed E-state index contributed by atoms with van der Waals surface area (Å²) in [6, 6.07) is 2.09. The summed E-state index contributed by atoms with van der Waals surface area (Å²) in [6.07, 6.45) is -2.36. The number of fused-ring (bicyclic) bond motifs is 2. The Morgan fingerprint density at radius 2 is 1.83 bits per heavy atom. The number of nitrogens with zero attached hydrogens (tertiary/aromatic N) is 1. The van der Waals surface area contributed by atoms with Crippen molar-refractivity contribution in [1.29, 1.82) is 0 Å². The van der Waals surface area contributed by atoms with Crippen LogP contribution in [0.15, 0.2) is 23.1 Å². The number of hydrogen-bond acceptors (Lipinski definition) is 3. The number of alkyl halides is 3. The van der Waals surface area contributed by atoms with Gasteiger partial charge in [0.15, 0.2) is 0 Å². The molecule has 24 heavy (non-hydrogen) atoms. The van der Waals surface area contributed by atoms with E-state index in [0.29, 0.717) is 19.0 Å². The highest BCUT2D eigenvalue weighted by Crippen LogP contribution is 2.38. The van der Waals surface area contributed by atoms with E-state index in [-0.39, 0.29) is 29.4 Å². The summed E-state index contributed by atoms with van der Waals surface area (Å²) < 4.78 is 65.4. The fourth-order valence-corrected chi connectivity index (χ4v) is 5.75. The predicted octanol–water partition coefficient (Wildman–Crippen LogP) is 3.30. The van der Waals surface area contributed by atoms with Crippen LogP contribution in [0, 0.1) is 0 Å². The highest BCUT2D eigenvalue weighted by Gasteiger charge is 2.44. The third-order valence-corrected chi connectivity index (χ3v) is 6.89. The minimum Gasteiger partial charge on any atom is -0.315 e. The van der Waals surface area contributed by atoms with E-state index in [0.717, 1.165) is 31.5 Å². The number of hydrogen-bond donors (Lipinski definition) is 1. The third-order valence-electron chi connectivity index (χ3n) is 4.40. The average molecular weight is 405 g/mol. The molecule has 0 aromatic heterocycles. The van der Waals surface area contributed by atoms with Crippen LogP contribution in [-0.2, 0) is 16.2 Å². The molecule has 1 aromatic carbocycles. The van der Waals surface area contributed by atoms with Gasteiger partial charge < -0.3 is 5.32 Å². The van der Waals surface area contributed by atoms with Gasteiger partial charge in [-0.2, -0.15) is 17.5 Å². The van der Waals surface area contributed by atoms with Crippen molar-refractivity contribution >= 4 is 34.0 Å². The van der Waals surface area contributed by atoms with Crippen LogP contribution in [0.1, 0.15) is 24.8 Å². The second-order valence-electron chi connectivity index (χ2n) is 5.86. The zero-order valence-corrected chi connectivity index (χ0v) is 14.9. The monoisotopic (exact) mass is 404 g/mol. The van der Waals surface area contributed by atoms with Gasteiger partial charge in [-0.1, -0.05) is 11.6 Å². The molecule has 2 atom stereocenters. The molecular weight excluding hydrogens is 388 g/mol. The molecule has 0 spiro atoms. The summed E-state index contributed by atoms with van der Waals surface area (Å²) in [6.45, 7) is 1.28. The maximum atomic E-state index is 12.9. The fourth-order valence-electron chi connectivity index (χ4n) is 3.33. The largest absolute Gasteiger partial charge is 0.416 e. The average Bonchev–Trinajstić information content (AvgIpc) is 2.71. The van der Waals surface area contributed by atoms with Crippen LogP contribution in [0.2, 0.25) is 5.02 Å². The second kappa shape index (κ2) is 6.99. The van der Waals surface area contributed by atoms with Crippen molar-refractivity contribution in [2.45, 2.75) is 42.4 Å². The van der Waals surface area contributed by atoms with Crippen LogP contribution in [0.4, 0.5) is 13.2 Å². The zero-order valence-electron chi connectivity index (χ0n) is 12.5. The first kappa shape index (κ1) is 19.8. The fraction of sp³-hybridized carbons (Fsp3) is 0.571. The third kappa shape index (κ3) is 3.53. The lowest BCUT2D eigenvalue weighted by Crippen LogP contribution is -2.42. The summed E-state index contributed by atoms with van der Waals surface area (Å²) in [7, 11) is -3.92. The lowest BCUT2D eigenvalue weighted by molar-refractivity contribution is -0.137. The van der Waals surface area contributed by atoms with E-state index in [1.165, 1.54) is 4.31 Å². The minimum absolute atomic E-state index is 0. The van der Waals surface area contributed by atoms with Crippen LogP contribution in [0.5, 0.6) is 0 Å². The van der Waals surface area contributed by atoms with Crippen LogP contribution in [0.3, 0.4) is 0 Å². The molecule has 2 aliphatic heterocycles. The van der Waals surface area contributed by atoms with Gasteiger partial charge in [-0.05, 0) is 44.0 Å². The lowest BCUT2D eigenvalue weighted by Gasteiger charge is -2.27. The molecule has 2 fully saturated rings. The highest BCUT2D eigenvalue weighted by molar-refractivity contribution is 7.89. The number of rotatable bonds is 2. The molecule has 0 radical (unpaired) electrons. The van der Waals surface area contributed by atoms with Gasteiger partial charge >= 0.3 is 6.18 Å². The van der Waals surface area contributed by atoms with Gasteiger partial charge in [0, 0.05) is 18.6 Å². The van der Waals surface area contributed by atoms with E-state index >= 15 is 0 Å². The van der Waals surface area contributed by atoms with Crippen LogP contribution in [0.25, 0.3) is 0 Å². The van der Waals surface area contributed by atoms with E-state index < -0.39 is 26.8 Å². The molecule has 3 rings (SSSR count). The normalized spacial score (nSPS) is 25.2. The van der Waals surface area contributed by atoms with Gasteiger partial charge in [0.2, 0.25) is 10.0 Å². The van der Waals surface area contributed by atoms with Crippen molar-refractivity contribution in [3.63, 3.8) is 0 Å². The van der Waals surface area contributed by atoms with Gasteiger partial charge in [-0.15, -0.1) is 12.4 Å². The summed E-state index contributed by atoms with van der Waals surface area (Å²) in [4.78, 5) is -0.258. The smallest absolute Gasteiger partial charge is 0.315 e. The summed E-state index contributed by atoms with van der Waals surface area (Å²) in [5.41, 5.74) is -0.957. The van der Waals surface area contributed by atoms with E-state index in [9.17, 15) is 21.6 Å². The van der Waals surface area contributed by atoms with Crippen molar-refractivity contribution in [2.75, 3.05) is 13.1 Å². The molecule has 4 nitrogen and oxygen atoms in total. The second-order valence-corrected chi connectivity index (χ2v) is 8.07. The van der Waals surface area contributed by atoms with Gasteiger partial charge in [0.05, 0.1) is 10.6 Å². The first-order valence-corrected chi connectivity index (χ1v) is 9.14. The van der Waals surface area contributed by atoms with E-state index in [4.69, 9.17) is 11.6 Å². The highest BCUT2D eigenvalue weighted by atomic mass is 35.5. The Balaban J connectivity index is 0.00000208. The van der Waals surface area contributed by atoms with Crippen molar-refractivity contribution in [1.82, 2.24) is 9.62 Å². The summed E-state index contributed by atoms with van der Waals surface area (Å²) >= 11 is 5.87. The number of benzene rings is 1. The molecule has 1 N–H and O–H groups in total. The van der Waals surface area contributed by atoms with Gasteiger partial charge in [0.1, 0.15) is 4.90 Å². The molecule has 0 saturated carbocycles. The van der Waals surface area contributed by atoms with E-state index in [1.807, 2.05) is 0 Å². The van der Waals surface area contributed by atoms with E-state index in [2.05, 4.69) is 5.32 Å². The van der Waals surface area contributed by atoms with Crippen molar-refractivity contribution in [3.05, 3.63) is 28.8 Å². The van der Waals surface area contributed by atoms with Crippen molar-refractivity contribution in [3.8, 4) is 0 Å². The number of halogens is 5. The quantitative estimate of drug-likeness (QED) is 0.822. The first-order valence-electron chi connectivity index (χ1n) is 7.32. The van der Waals surface area contributed by atoms with Crippen LogP contribution >= 0.6 is 24.0 Å². The number of nitrogens with one attached hydrogen (secondary N) is 1. The Labute approximate surface area is 149 Å². The number of sulfonamides is 1. The predicted molar refractivity (Wildman–Crippen MR) is 87.0 cm³/mol. The molecule has 2 saturated heterocycles. The van der Waals surface area contributed by atoms with Crippen LogP contribution in [-0.4, -0.2) is 37.9 Å². The topological polar surface area (TPSA) is 49.4 Å². The van der Waals surface area contributed by atoms with Crippen molar-refractivity contribution in [2.24, 2.45) is 0 Å². The Hall–Kier alpha value is -0.540. The molecule has 136 valence electrons. The van der Waals surface area contributed by atoms with Gasteiger partial charge in [-0.3, -0.25) is 0 Å². The molecule has 10 heteroatoms.